The largest absolute Gasteiger partial charge is 0.338 e. The first-order chi connectivity index (χ1) is 8.81. The second-order valence-corrected chi connectivity index (χ2v) is 4.52. The summed E-state index contributed by atoms with van der Waals surface area (Å²) in [5, 5.41) is 1.67. The fourth-order valence-electron chi connectivity index (χ4n) is 2.12. The number of hydrogen-bond acceptors (Lipinski definition) is 3. The van der Waals surface area contributed by atoms with Crippen LogP contribution in [-0.2, 0) is 0 Å². The number of H-pyrrole nitrogens is 1. The van der Waals surface area contributed by atoms with Crippen molar-refractivity contribution in [2.24, 2.45) is 0 Å². The van der Waals surface area contributed by atoms with Crippen LogP contribution in [0.5, 0.6) is 0 Å². The molecule has 0 fully saturated rings. The number of benzene rings is 1. The van der Waals surface area contributed by atoms with E-state index in [-0.39, 0.29) is 0 Å². The van der Waals surface area contributed by atoms with Crippen molar-refractivity contribution in [1.29, 1.82) is 0 Å². The van der Waals surface area contributed by atoms with Crippen molar-refractivity contribution < 1.29 is 0 Å². The molecule has 0 atom stereocenters. The molecule has 1 N–H and O–H groups in total. The standard InChI is InChI=1S/C13H7ClN4/c14-7-3-4-9-8(6-7)11-13(17-9)18-12-10(16-11)2-1-5-15-12/h1-6H,(H,15,17,18). The molecule has 0 aliphatic heterocycles. The van der Waals surface area contributed by atoms with E-state index in [1.165, 1.54) is 0 Å². The normalized spacial score (nSPS) is 11.6. The fraction of sp³-hybridized carbons (Fsp3) is 0. The third-order valence-electron chi connectivity index (χ3n) is 2.93. The van der Waals surface area contributed by atoms with Gasteiger partial charge in [0.2, 0.25) is 0 Å². The molecule has 0 unspecified atom stereocenters. The highest BCUT2D eigenvalue weighted by Gasteiger charge is 2.09. The van der Waals surface area contributed by atoms with E-state index in [0.717, 1.165) is 27.6 Å². The minimum Gasteiger partial charge on any atom is -0.338 e. The van der Waals surface area contributed by atoms with E-state index >= 15 is 0 Å². The predicted octanol–water partition coefficient (Wildman–Crippen LogP) is 3.31. The molecule has 4 aromatic rings. The summed E-state index contributed by atoms with van der Waals surface area (Å²) < 4.78 is 0. The lowest BCUT2D eigenvalue weighted by Crippen LogP contribution is -1.87. The van der Waals surface area contributed by atoms with E-state index in [4.69, 9.17) is 11.6 Å². The molecule has 86 valence electrons. The highest BCUT2D eigenvalue weighted by atomic mass is 35.5. The van der Waals surface area contributed by atoms with Crippen LogP contribution in [0, 0.1) is 0 Å². The zero-order valence-corrected chi connectivity index (χ0v) is 9.94. The van der Waals surface area contributed by atoms with Crippen molar-refractivity contribution in [3.63, 3.8) is 0 Å². The van der Waals surface area contributed by atoms with E-state index in [1.54, 1.807) is 6.20 Å². The van der Waals surface area contributed by atoms with Gasteiger partial charge in [0.15, 0.2) is 11.3 Å². The van der Waals surface area contributed by atoms with Crippen LogP contribution in [0.15, 0.2) is 36.5 Å². The second-order valence-electron chi connectivity index (χ2n) is 4.08. The fourth-order valence-corrected chi connectivity index (χ4v) is 2.29. The Morgan fingerprint density at radius 2 is 2.06 bits per heavy atom. The summed E-state index contributed by atoms with van der Waals surface area (Å²) in [5.74, 6) is 0. The predicted molar refractivity (Wildman–Crippen MR) is 71.7 cm³/mol. The molecule has 5 heteroatoms. The monoisotopic (exact) mass is 254 g/mol. The average molecular weight is 255 g/mol. The average Bonchev–Trinajstić information content (AvgIpc) is 2.73. The number of pyridine rings is 1. The van der Waals surface area contributed by atoms with Gasteiger partial charge in [-0.15, -0.1) is 0 Å². The maximum atomic E-state index is 6.02. The van der Waals surface area contributed by atoms with Gasteiger partial charge >= 0.3 is 0 Å². The molecule has 3 aromatic heterocycles. The molecule has 0 amide bonds. The highest BCUT2D eigenvalue weighted by molar-refractivity contribution is 6.31. The number of fused-ring (bicyclic) bond motifs is 4. The number of aromatic nitrogens is 4. The number of hydrogen-bond donors (Lipinski definition) is 1. The summed E-state index contributed by atoms with van der Waals surface area (Å²) in [4.78, 5) is 16.5. The van der Waals surface area contributed by atoms with Crippen LogP contribution < -0.4 is 0 Å². The first-order valence-corrected chi connectivity index (χ1v) is 5.89. The Hall–Kier alpha value is -2.20. The van der Waals surface area contributed by atoms with Crippen LogP contribution in [0.3, 0.4) is 0 Å². The van der Waals surface area contributed by atoms with Crippen LogP contribution in [-0.4, -0.2) is 19.9 Å². The van der Waals surface area contributed by atoms with Crippen molar-refractivity contribution in [3.05, 3.63) is 41.6 Å². The Labute approximate surface area is 107 Å². The topological polar surface area (TPSA) is 54.5 Å². The number of aromatic amines is 1. The van der Waals surface area contributed by atoms with Crippen molar-refractivity contribution in [3.8, 4) is 0 Å². The van der Waals surface area contributed by atoms with Gasteiger partial charge in [0, 0.05) is 22.1 Å². The summed E-state index contributed by atoms with van der Waals surface area (Å²) in [6.45, 7) is 0. The lowest BCUT2D eigenvalue weighted by atomic mass is 10.2. The van der Waals surface area contributed by atoms with Gasteiger partial charge in [-0.3, -0.25) is 0 Å². The molecule has 0 bridgehead atoms. The van der Waals surface area contributed by atoms with E-state index < -0.39 is 0 Å². The number of nitrogens with zero attached hydrogens (tertiary/aromatic N) is 3. The maximum absolute atomic E-state index is 6.02. The van der Waals surface area contributed by atoms with Gasteiger partial charge in [-0.05, 0) is 30.3 Å². The first-order valence-electron chi connectivity index (χ1n) is 5.51. The van der Waals surface area contributed by atoms with Crippen molar-refractivity contribution in [2.75, 3.05) is 0 Å². The zero-order chi connectivity index (χ0) is 12.1. The summed E-state index contributed by atoms with van der Waals surface area (Å²) in [6, 6.07) is 9.42. The Balaban J connectivity index is 2.25. The Morgan fingerprint density at radius 3 is 3.00 bits per heavy atom. The third kappa shape index (κ3) is 1.29. The Morgan fingerprint density at radius 1 is 1.11 bits per heavy atom. The lowest BCUT2D eigenvalue weighted by Gasteiger charge is -1.95. The van der Waals surface area contributed by atoms with Crippen LogP contribution in [0.2, 0.25) is 5.02 Å². The summed E-state index contributed by atoms with van der Waals surface area (Å²) in [5.41, 5.74) is 3.96. The highest BCUT2D eigenvalue weighted by Crippen LogP contribution is 2.26. The molecular formula is C13H7ClN4. The second kappa shape index (κ2) is 3.40. The smallest absolute Gasteiger partial charge is 0.180 e. The summed E-state index contributed by atoms with van der Waals surface area (Å²) in [6.07, 6.45) is 1.71. The molecule has 0 aliphatic rings. The quantitative estimate of drug-likeness (QED) is 0.524. The van der Waals surface area contributed by atoms with E-state index in [1.807, 2.05) is 30.3 Å². The minimum atomic E-state index is 0.641. The molecule has 0 spiro atoms. The molecular weight excluding hydrogens is 248 g/mol. The summed E-state index contributed by atoms with van der Waals surface area (Å²) in [7, 11) is 0. The van der Waals surface area contributed by atoms with Gasteiger partial charge in [0.05, 0.1) is 0 Å². The first kappa shape index (κ1) is 9.79. The van der Waals surface area contributed by atoms with E-state index in [2.05, 4.69) is 19.9 Å². The van der Waals surface area contributed by atoms with Crippen LogP contribution in [0.1, 0.15) is 0 Å². The molecule has 4 rings (SSSR count). The van der Waals surface area contributed by atoms with E-state index in [9.17, 15) is 0 Å². The number of rotatable bonds is 0. The SMILES string of the molecule is Clc1ccc2[nH]c3nc4ncccc4nc3c2c1. The number of halogens is 1. The summed E-state index contributed by atoms with van der Waals surface area (Å²) >= 11 is 6.02. The van der Waals surface area contributed by atoms with Crippen molar-refractivity contribution in [2.45, 2.75) is 0 Å². The van der Waals surface area contributed by atoms with Gasteiger partial charge in [-0.1, -0.05) is 11.6 Å². The minimum absolute atomic E-state index is 0.641. The molecule has 0 saturated carbocycles. The van der Waals surface area contributed by atoms with Gasteiger partial charge in [-0.25, -0.2) is 15.0 Å². The van der Waals surface area contributed by atoms with Gasteiger partial charge in [-0.2, -0.15) is 0 Å². The van der Waals surface area contributed by atoms with Crippen LogP contribution >= 0.6 is 11.6 Å². The molecule has 1 aromatic carbocycles. The van der Waals surface area contributed by atoms with Crippen LogP contribution in [0.4, 0.5) is 0 Å². The molecule has 3 heterocycles. The van der Waals surface area contributed by atoms with Crippen molar-refractivity contribution >= 4 is 44.8 Å². The Kier molecular flexibility index (Phi) is 1.85. The Bertz CT molecular complexity index is 897. The van der Waals surface area contributed by atoms with Gasteiger partial charge in [0.1, 0.15) is 11.0 Å². The lowest BCUT2D eigenvalue weighted by molar-refractivity contribution is 1.27. The molecule has 4 nitrogen and oxygen atoms in total. The van der Waals surface area contributed by atoms with Gasteiger partial charge in [0.25, 0.3) is 0 Å². The molecule has 0 saturated heterocycles. The van der Waals surface area contributed by atoms with Crippen molar-refractivity contribution in [1.82, 2.24) is 19.9 Å². The molecule has 0 aliphatic carbocycles. The zero-order valence-electron chi connectivity index (χ0n) is 9.18. The van der Waals surface area contributed by atoms with Gasteiger partial charge < -0.3 is 4.98 Å². The molecule has 18 heavy (non-hydrogen) atoms. The number of nitrogens with one attached hydrogen (secondary N) is 1. The molecule has 0 radical (unpaired) electrons. The maximum Gasteiger partial charge on any atom is 0.180 e. The van der Waals surface area contributed by atoms with E-state index in [0.29, 0.717) is 10.7 Å². The van der Waals surface area contributed by atoms with Crippen LogP contribution in [0.25, 0.3) is 33.2 Å². The third-order valence-corrected chi connectivity index (χ3v) is 3.17.